The number of fused-ring (bicyclic) bond motifs is 1. The lowest BCUT2D eigenvalue weighted by Gasteiger charge is -2.38. The van der Waals surface area contributed by atoms with E-state index >= 15 is 0 Å². The Balaban J connectivity index is 1.92. The summed E-state index contributed by atoms with van der Waals surface area (Å²) in [6.45, 7) is 10.8. The molecule has 0 saturated carbocycles. The second-order valence-electron chi connectivity index (χ2n) is 11.2. The largest absolute Gasteiger partial charge is 0.396 e. The van der Waals surface area contributed by atoms with Crippen LogP contribution in [0.25, 0.3) is 0 Å². The highest BCUT2D eigenvalue weighted by atomic mass is 16.5. The molecule has 3 aliphatic rings. The van der Waals surface area contributed by atoms with Gasteiger partial charge in [0.15, 0.2) is 0 Å². The molecule has 3 rings (SSSR count). The second kappa shape index (κ2) is 8.35. The summed E-state index contributed by atoms with van der Waals surface area (Å²) in [5, 5.41) is 15.0. The molecule has 2 unspecified atom stereocenters. The number of likely N-dealkylation sites (tertiary alicyclic amines) is 1. The molecule has 2 bridgehead atoms. The highest BCUT2D eigenvalue weighted by Crippen LogP contribution is 2.58. The molecule has 0 aromatic rings. The quantitative estimate of drug-likeness (QED) is 0.495. The van der Waals surface area contributed by atoms with E-state index in [0.717, 1.165) is 6.42 Å². The first-order valence-corrected chi connectivity index (χ1v) is 11.5. The van der Waals surface area contributed by atoms with Crippen molar-refractivity contribution in [3.05, 3.63) is 0 Å². The van der Waals surface area contributed by atoms with Gasteiger partial charge in [0, 0.05) is 25.7 Å². The second-order valence-corrected chi connectivity index (χ2v) is 11.2. The van der Waals surface area contributed by atoms with Crippen molar-refractivity contribution in [1.29, 1.82) is 0 Å². The average molecular weight is 438 g/mol. The number of carbonyl (C=O) groups excluding carboxylic acids is 3. The molecule has 3 saturated heterocycles. The highest BCUT2D eigenvalue weighted by Gasteiger charge is 2.74. The fourth-order valence-corrected chi connectivity index (χ4v) is 6.33. The van der Waals surface area contributed by atoms with Crippen molar-refractivity contribution in [2.75, 3.05) is 20.2 Å². The van der Waals surface area contributed by atoms with Crippen LogP contribution in [0.3, 0.4) is 0 Å². The molecule has 0 aliphatic carbocycles. The van der Waals surface area contributed by atoms with Gasteiger partial charge in [0.05, 0.1) is 17.9 Å². The number of aliphatic hydroxyl groups excluding tert-OH is 1. The van der Waals surface area contributed by atoms with E-state index in [2.05, 4.69) is 31.4 Å². The smallest absolute Gasteiger partial charge is 0.246 e. The first-order valence-electron chi connectivity index (χ1n) is 11.5. The fourth-order valence-electron chi connectivity index (χ4n) is 6.33. The van der Waals surface area contributed by atoms with Gasteiger partial charge in [-0.3, -0.25) is 14.4 Å². The van der Waals surface area contributed by atoms with Crippen LogP contribution in [0.2, 0.25) is 0 Å². The van der Waals surface area contributed by atoms with Crippen LogP contribution in [0, 0.1) is 17.3 Å². The molecule has 5 atom stereocenters. The van der Waals surface area contributed by atoms with E-state index in [1.54, 1.807) is 11.9 Å². The zero-order valence-corrected chi connectivity index (χ0v) is 19.8. The third kappa shape index (κ3) is 4.33. The highest BCUT2D eigenvalue weighted by molar-refractivity contribution is 5.99. The Kier molecular flexibility index (Phi) is 6.46. The lowest BCUT2D eigenvalue weighted by Crippen LogP contribution is -2.59. The maximum atomic E-state index is 13.7. The molecule has 1 spiro atoms. The van der Waals surface area contributed by atoms with Crippen molar-refractivity contribution < 1.29 is 24.2 Å². The minimum atomic E-state index is -0.958. The molecule has 31 heavy (non-hydrogen) atoms. The number of nitrogens with one attached hydrogen (secondary N) is 2. The number of aliphatic hydroxyl groups is 1. The minimum Gasteiger partial charge on any atom is -0.396 e. The molecule has 3 aliphatic heterocycles. The Bertz CT molecular complexity index is 731. The van der Waals surface area contributed by atoms with Crippen LogP contribution in [0.5, 0.6) is 0 Å². The van der Waals surface area contributed by atoms with E-state index in [1.165, 1.54) is 0 Å². The number of carbonyl (C=O) groups is 3. The molecule has 0 aromatic carbocycles. The molecule has 0 aromatic heterocycles. The monoisotopic (exact) mass is 437 g/mol. The molecule has 3 heterocycles. The number of hydrogen-bond donors (Lipinski definition) is 3. The van der Waals surface area contributed by atoms with Crippen LogP contribution in [-0.4, -0.2) is 71.2 Å². The standard InChI is InChI=1S/C23H39N3O5/c1-21(2,3)13-22(4,5)25-19(29)17-23-10-9-14(31-23)15(18(28)24-6)16(23)20(30)26(17)11-7-8-12-27/h14-17,27H,7-13H2,1-6H3,(H,24,28)(H,25,29)/t14-,15+,16-,17?,23?/m0/s1. The van der Waals surface area contributed by atoms with E-state index < -0.39 is 29.0 Å². The van der Waals surface area contributed by atoms with Gasteiger partial charge < -0.3 is 25.4 Å². The van der Waals surface area contributed by atoms with Crippen LogP contribution in [0.1, 0.15) is 66.7 Å². The average Bonchev–Trinajstić information content (AvgIpc) is 3.26. The van der Waals surface area contributed by atoms with Gasteiger partial charge in [-0.25, -0.2) is 0 Å². The number of rotatable bonds is 8. The Hall–Kier alpha value is -1.67. The molecule has 8 heteroatoms. The lowest BCUT2D eigenvalue weighted by atomic mass is 9.70. The van der Waals surface area contributed by atoms with Gasteiger partial charge in [0.25, 0.3) is 0 Å². The lowest BCUT2D eigenvalue weighted by molar-refractivity contribution is -0.143. The summed E-state index contributed by atoms with van der Waals surface area (Å²) in [6, 6.07) is -0.761. The molecule has 8 nitrogen and oxygen atoms in total. The van der Waals surface area contributed by atoms with Gasteiger partial charge in [-0.1, -0.05) is 20.8 Å². The first kappa shape index (κ1) is 24.0. The maximum absolute atomic E-state index is 13.7. The molecule has 3 amide bonds. The SMILES string of the molecule is CNC(=O)[C@@H]1[C@@H]2CCC3(O2)C(C(=O)NC(C)(C)CC(C)(C)C)N(CCCCO)C(=O)[C@H]13. The van der Waals surface area contributed by atoms with Crippen molar-refractivity contribution in [3.8, 4) is 0 Å². The van der Waals surface area contributed by atoms with Crippen LogP contribution in [0.4, 0.5) is 0 Å². The van der Waals surface area contributed by atoms with Gasteiger partial charge in [-0.15, -0.1) is 0 Å². The fraction of sp³-hybridized carbons (Fsp3) is 0.870. The molecule has 3 fully saturated rings. The summed E-state index contributed by atoms with van der Waals surface area (Å²) in [6.07, 6.45) is 2.85. The van der Waals surface area contributed by atoms with Crippen LogP contribution < -0.4 is 10.6 Å². The van der Waals surface area contributed by atoms with Gasteiger partial charge in [-0.05, 0) is 51.4 Å². The van der Waals surface area contributed by atoms with Gasteiger partial charge in [0.2, 0.25) is 17.7 Å². The number of nitrogens with zero attached hydrogens (tertiary/aromatic N) is 1. The summed E-state index contributed by atoms with van der Waals surface area (Å²) in [7, 11) is 1.57. The molecule has 176 valence electrons. The predicted octanol–water partition coefficient (Wildman–Crippen LogP) is 1.21. The summed E-state index contributed by atoms with van der Waals surface area (Å²) < 4.78 is 6.34. The topological polar surface area (TPSA) is 108 Å². The normalized spacial score (nSPS) is 32.4. The Morgan fingerprint density at radius 1 is 1.19 bits per heavy atom. The summed E-state index contributed by atoms with van der Waals surface area (Å²) >= 11 is 0. The molecule has 3 N–H and O–H groups in total. The van der Waals surface area contributed by atoms with Crippen LogP contribution >= 0.6 is 0 Å². The Morgan fingerprint density at radius 3 is 2.45 bits per heavy atom. The van der Waals surface area contributed by atoms with E-state index in [9.17, 15) is 19.5 Å². The van der Waals surface area contributed by atoms with Gasteiger partial charge >= 0.3 is 0 Å². The minimum absolute atomic E-state index is 0.0243. The van der Waals surface area contributed by atoms with Crippen molar-refractivity contribution in [1.82, 2.24) is 15.5 Å². The number of ether oxygens (including phenoxy) is 1. The van der Waals surface area contributed by atoms with E-state index in [4.69, 9.17) is 4.74 Å². The molecular weight excluding hydrogens is 398 g/mol. The first-order chi connectivity index (χ1) is 14.4. The van der Waals surface area contributed by atoms with E-state index in [1.807, 2.05) is 13.8 Å². The third-order valence-electron chi connectivity index (χ3n) is 6.84. The van der Waals surface area contributed by atoms with Crippen molar-refractivity contribution >= 4 is 17.7 Å². The van der Waals surface area contributed by atoms with E-state index in [0.29, 0.717) is 32.2 Å². The zero-order valence-electron chi connectivity index (χ0n) is 19.8. The van der Waals surface area contributed by atoms with Gasteiger partial charge in [-0.2, -0.15) is 0 Å². The predicted molar refractivity (Wildman–Crippen MR) is 116 cm³/mol. The maximum Gasteiger partial charge on any atom is 0.246 e. The third-order valence-corrected chi connectivity index (χ3v) is 6.84. The van der Waals surface area contributed by atoms with Crippen LogP contribution in [-0.2, 0) is 19.1 Å². The van der Waals surface area contributed by atoms with Gasteiger partial charge in [0.1, 0.15) is 11.6 Å². The molecule has 0 radical (unpaired) electrons. The number of unbranched alkanes of at least 4 members (excludes halogenated alkanes) is 1. The van der Waals surface area contributed by atoms with Crippen molar-refractivity contribution in [2.24, 2.45) is 17.3 Å². The Labute approximate surface area is 185 Å². The number of hydrogen-bond acceptors (Lipinski definition) is 5. The van der Waals surface area contributed by atoms with Crippen molar-refractivity contribution in [2.45, 2.75) is 90.0 Å². The van der Waals surface area contributed by atoms with E-state index in [-0.39, 0.29) is 35.8 Å². The zero-order chi connectivity index (χ0) is 23.2. The van der Waals surface area contributed by atoms with Crippen LogP contribution in [0.15, 0.2) is 0 Å². The summed E-state index contributed by atoms with van der Waals surface area (Å²) in [4.78, 5) is 41.4. The summed E-state index contributed by atoms with van der Waals surface area (Å²) in [5.74, 6) is -1.79. The number of amides is 3. The molecular formula is C23H39N3O5. The van der Waals surface area contributed by atoms with Crippen molar-refractivity contribution in [3.63, 3.8) is 0 Å². The summed E-state index contributed by atoms with van der Waals surface area (Å²) in [5.41, 5.74) is -1.39. The Morgan fingerprint density at radius 2 is 1.87 bits per heavy atom.